The van der Waals surface area contributed by atoms with Crippen LogP contribution in [0.3, 0.4) is 0 Å². The molecule has 0 spiro atoms. The van der Waals surface area contributed by atoms with Crippen LogP contribution in [0.25, 0.3) is 0 Å². The zero-order valence-corrected chi connectivity index (χ0v) is 10.1. The van der Waals surface area contributed by atoms with Crippen molar-refractivity contribution in [2.24, 2.45) is 5.92 Å². The lowest BCUT2D eigenvalue weighted by atomic mass is 9.88. The van der Waals surface area contributed by atoms with Crippen LogP contribution in [0.1, 0.15) is 38.2 Å². The Kier molecular flexibility index (Phi) is 3.53. The monoisotopic (exact) mass is 230 g/mol. The van der Waals surface area contributed by atoms with E-state index in [9.17, 15) is 0 Å². The van der Waals surface area contributed by atoms with Crippen LogP contribution < -0.4 is 10.5 Å². The summed E-state index contributed by atoms with van der Waals surface area (Å²) < 4.78 is 5.96. The summed E-state index contributed by atoms with van der Waals surface area (Å²) in [5, 5.41) is 8.77. The Morgan fingerprint density at radius 1 is 1.35 bits per heavy atom. The molecular weight excluding hydrogens is 212 g/mol. The predicted molar refractivity (Wildman–Crippen MR) is 67.6 cm³/mol. The van der Waals surface area contributed by atoms with Gasteiger partial charge in [-0.15, -0.1) is 0 Å². The largest absolute Gasteiger partial charge is 0.488 e. The minimum atomic E-state index is 0.263. The van der Waals surface area contributed by atoms with Crippen molar-refractivity contribution in [1.29, 1.82) is 5.26 Å². The Hall–Kier alpha value is -1.69. The molecule has 0 heterocycles. The number of ether oxygens (including phenoxy) is 1. The summed E-state index contributed by atoms with van der Waals surface area (Å²) in [5.41, 5.74) is 7.02. The van der Waals surface area contributed by atoms with Crippen LogP contribution in [0, 0.1) is 17.2 Å². The summed E-state index contributed by atoms with van der Waals surface area (Å²) in [5.74, 6) is 1.29. The summed E-state index contributed by atoms with van der Waals surface area (Å²) in [6.45, 7) is 2.23. The summed E-state index contributed by atoms with van der Waals surface area (Å²) in [6, 6.07) is 7.29. The quantitative estimate of drug-likeness (QED) is 0.794. The van der Waals surface area contributed by atoms with E-state index in [1.54, 1.807) is 18.2 Å². The van der Waals surface area contributed by atoms with Gasteiger partial charge in [-0.3, -0.25) is 0 Å². The molecule has 1 aromatic carbocycles. The molecular formula is C14H18N2O. The van der Waals surface area contributed by atoms with Gasteiger partial charge in [0.15, 0.2) is 0 Å². The number of anilines is 1. The van der Waals surface area contributed by atoms with Crippen LogP contribution in [0.2, 0.25) is 0 Å². The van der Waals surface area contributed by atoms with Gasteiger partial charge in [0.1, 0.15) is 11.9 Å². The molecule has 3 nitrogen and oxygen atoms in total. The molecule has 1 fully saturated rings. The third kappa shape index (κ3) is 2.71. The van der Waals surface area contributed by atoms with Crippen molar-refractivity contribution in [2.45, 2.75) is 38.7 Å². The molecule has 1 aliphatic rings. The van der Waals surface area contributed by atoms with Crippen LogP contribution >= 0.6 is 0 Å². The van der Waals surface area contributed by atoms with E-state index in [2.05, 4.69) is 13.0 Å². The van der Waals surface area contributed by atoms with Crippen molar-refractivity contribution in [3.05, 3.63) is 23.8 Å². The SMILES string of the molecule is CC1CCCCC1Oc1ccc(C#N)cc1N. The smallest absolute Gasteiger partial charge is 0.142 e. The van der Waals surface area contributed by atoms with Gasteiger partial charge in [-0.05, 0) is 43.4 Å². The van der Waals surface area contributed by atoms with Gasteiger partial charge >= 0.3 is 0 Å². The first kappa shape index (κ1) is 11.8. The maximum absolute atomic E-state index is 8.77. The van der Waals surface area contributed by atoms with E-state index < -0.39 is 0 Å². The Morgan fingerprint density at radius 3 is 2.76 bits per heavy atom. The van der Waals surface area contributed by atoms with Crippen LogP contribution in [0.4, 0.5) is 5.69 Å². The van der Waals surface area contributed by atoms with Crippen molar-refractivity contribution < 1.29 is 4.74 Å². The van der Waals surface area contributed by atoms with Crippen LogP contribution in [-0.4, -0.2) is 6.10 Å². The topological polar surface area (TPSA) is 59.0 Å². The number of hydrogen-bond donors (Lipinski definition) is 1. The average Bonchev–Trinajstić information content (AvgIpc) is 2.34. The van der Waals surface area contributed by atoms with E-state index in [-0.39, 0.29) is 6.10 Å². The molecule has 0 radical (unpaired) electrons. The fourth-order valence-electron chi connectivity index (χ4n) is 2.35. The van der Waals surface area contributed by atoms with Crippen molar-refractivity contribution in [3.63, 3.8) is 0 Å². The molecule has 17 heavy (non-hydrogen) atoms. The van der Waals surface area contributed by atoms with Gasteiger partial charge in [-0.1, -0.05) is 13.3 Å². The predicted octanol–water partition coefficient (Wildman–Crippen LogP) is 3.10. The second-order valence-corrected chi connectivity index (χ2v) is 4.78. The highest BCUT2D eigenvalue weighted by Crippen LogP contribution is 2.31. The molecule has 1 aromatic rings. The van der Waals surface area contributed by atoms with Crippen molar-refractivity contribution in [2.75, 3.05) is 5.73 Å². The zero-order valence-electron chi connectivity index (χ0n) is 10.1. The van der Waals surface area contributed by atoms with E-state index in [0.29, 0.717) is 22.9 Å². The number of nitrogens with two attached hydrogens (primary N) is 1. The fourth-order valence-corrected chi connectivity index (χ4v) is 2.35. The Morgan fingerprint density at radius 2 is 2.12 bits per heavy atom. The van der Waals surface area contributed by atoms with Gasteiger partial charge in [0.25, 0.3) is 0 Å². The Bertz CT molecular complexity index is 436. The first-order chi connectivity index (χ1) is 8.20. The number of nitriles is 1. The highest BCUT2D eigenvalue weighted by Gasteiger charge is 2.23. The first-order valence-electron chi connectivity index (χ1n) is 6.17. The van der Waals surface area contributed by atoms with Gasteiger partial charge in [-0.2, -0.15) is 5.26 Å². The molecule has 2 atom stereocenters. The summed E-state index contributed by atoms with van der Waals surface area (Å²) >= 11 is 0. The van der Waals surface area contributed by atoms with Crippen molar-refractivity contribution in [1.82, 2.24) is 0 Å². The molecule has 0 aromatic heterocycles. The molecule has 3 heteroatoms. The van der Waals surface area contributed by atoms with E-state index >= 15 is 0 Å². The van der Waals surface area contributed by atoms with Gasteiger partial charge in [0.05, 0.1) is 17.3 Å². The number of nitrogen functional groups attached to an aromatic ring is 1. The molecule has 0 bridgehead atoms. The highest BCUT2D eigenvalue weighted by atomic mass is 16.5. The lowest BCUT2D eigenvalue weighted by Crippen LogP contribution is -2.28. The van der Waals surface area contributed by atoms with E-state index in [1.165, 1.54) is 19.3 Å². The summed E-state index contributed by atoms with van der Waals surface area (Å²) in [6.07, 6.45) is 5.11. The van der Waals surface area contributed by atoms with Gasteiger partial charge in [-0.25, -0.2) is 0 Å². The number of nitrogens with zero attached hydrogens (tertiary/aromatic N) is 1. The summed E-state index contributed by atoms with van der Waals surface area (Å²) in [4.78, 5) is 0. The van der Waals surface area contributed by atoms with Crippen LogP contribution in [0.5, 0.6) is 5.75 Å². The number of benzene rings is 1. The third-order valence-corrected chi connectivity index (χ3v) is 3.45. The highest BCUT2D eigenvalue weighted by molar-refractivity contribution is 5.56. The van der Waals surface area contributed by atoms with Crippen molar-refractivity contribution >= 4 is 5.69 Å². The minimum absolute atomic E-state index is 0.263. The molecule has 2 unspecified atom stereocenters. The molecule has 1 saturated carbocycles. The maximum atomic E-state index is 8.77. The minimum Gasteiger partial charge on any atom is -0.488 e. The molecule has 1 aliphatic carbocycles. The molecule has 0 saturated heterocycles. The molecule has 2 rings (SSSR count). The fraction of sp³-hybridized carbons (Fsp3) is 0.500. The maximum Gasteiger partial charge on any atom is 0.142 e. The van der Waals surface area contributed by atoms with Crippen LogP contribution in [-0.2, 0) is 0 Å². The van der Waals surface area contributed by atoms with Gasteiger partial charge in [0, 0.05) is 0 Å². The summed E-state index contributed by atoms with van der Waals surface area (Å²) in [7, 11) is 0. The first-order valence-corrected chi connectivity index (χ1v) is 6.17. The lowest BCUT2D eigenvalue weighted by Gasteiger charge is -2.29. The van der Waals surface area contributed by atoms with E-state index in [4.69, 9.17) is 15.7 Å². The van der Waals surface area contributed by atoms with Gasteiger partial charge in [0.2, 0.25) is 0 Å². The average molecular weight is 230 g/mol. The Balaban J connectivity index is 2.10. The molecule has 2 N–H and O–H groups in total. The standard InChI is InChI=1S/C14H18N2O/c1-10-4-2-3-5-13(10)17-14-7-6-11(9-15)8-12(14)16/h6-8,10,13H,2-5,16H2,1H3. The second-order valence-electron chi connectivity index (χ2n) is 4.78. The van der Waals surface area contributed by atoms with Crippen LogP contribution in [0.15, 0.2) is 18.2 Å². The Labute approximate surface area is 102 Å². The van der Waals surface area contributed by atoms with E-state index in [0.717, 1.165) is 6.42 Å². The van der Waals surface area contributed by atoms with E-state index in [1.807, 2.05) is 0 Å². The molecule has 0 amide bonds. The molecule has 0 aliphatic heterocycles. The third-order valence-electron chi connectivity index (χ3n) is 3.45. The van der Waals surface area contributed by atoms with Crippen molar-refractivity contribution in [3.8, 4) is 11.8 Å². The van der Waals surface area contributed by atoms with Gasteiger partial charge < -0.3 is 10.5 Å². The normalized spacial score (nSPS) is 24.0. The second kappa shape index (κ2) is 5.09. The lowest BCUT2D eigenvalue weighted by molar-refractivity contribution is 0.103. The number of rotatable bonds is 2. The zero-order chi connectivity index (χ0) is 12.3. The molecule has 90 valence electrons. The number of hydrogen-bond acceptors (Lipinski definition) is 3.